The Bertz CT molecular complexity index is 531. The summed E-state index contributed by atoms with van der Waals surface area (Å²) in [6.45, 7) is 2.59. The summed E-state index contributed by atoms with van der Waals surface area (Å²) in [5.41, 5.74) is 8.20. The number of ether oxygens (including phenoxy) is 1. The monoisotopic (exact) mass is 306 g/mol. The largest absolute Gasteiger partial charge is 0.494 e. The van der Waals surface area contributed by atoms with Gasteiger partial charge in [-0.05, 0) is 40.5 Å². The third kappa shape index (κ3) is 2.89. The fraction of sp³-hybridized carbons (Fsp3) is 0.214. The summed E-state index contributed by atoms with van der Waals surface area (Å²) in [7, 11) is 0. The van der Waals surface area contributed by atoms with E-state index >= 15 is 0 Å². The van der Waals surface area contributed by atoms with Crippen molar-refractivity contribution >= 4 is 15.9 Å². The Morgan fingerprint density at radius 3 is 2.83 bits per heavy atom. The summed E-state index contributed by atoms with van der Waals surface area (Å²) in [5, 5.41) is 0. The number of aromatic nitrogens is 1. The van der Waals surface area contributed by atoms with Gasteiger partial charge in [0.15, 0.2) is 0 Å². The van der Waals surface area contributed by atoms with Crippen molar-refractivity contribution in [2.45, 2.75) is 13.0 Å². The second-order valence-electron chi connectivity index (χ2n) is 3.89. The first-order valence-corrected chi connectivity index (χ1v) is 6.59. The van der Waals surface area contributed by atoms with E-state index in [0.29, 0.717) is 6.61 Å². The quantitative estimate of drug-likeness (QED) is 0.943. The number of hydrogen-bond acceptors (Lipinski definition) is 3. The van der Waals surface area contributed by atoms with Crippen LogP contribution in [-0.2, 0) is 0 Å². The Kier molecular flexibility index (Phi) is 4.33. The topological polar surface area (TPSA) is 48.1 Å². The van der Waals surface area contributed by atoms with Gasteiger partial charge in [0.05, 0.1) is 12.6 Å². The molecule has 0 saturated heterocycles. The van der Waals surface area contributed by atoms with E-state index in [4.69, 9.17) is 10.5 Å². The molecule has 2 N–H and O–H groups in total. The van der Waals surface area contributed by atoms with Crippen LogP contribution in [0.1, 0.15) is 24.1 Å². The molecular weight excluding hydrogens is 292 g/mol. The number of rotatable bonds is 4. The fourth-order valence-electron chi connectivity index (χ4n) is 1.80. The summed E-state index contributed by atoms with van der Waals surface area (Å²) in [5.74, 6) is 0.826. The Hall–Kier alpha value is -1.39. The number of halogens is 1. The summed E-state index contributed by atoms with van der Waals surface area (Å²) >= 11 is 3.40. The zero-order valence-corrected chi connectivity index (χ0v) is 11.7. The van der Waals surface area contributed by atoms with E-state index in [1.165, 1.54) is 0 Å². The highest BCUT2D eigenvalue weighted by molar-refractivity contribution is 9.10. The number of hydrogen-bond donors (Lipinski definition) is 1. The molecule has 18 heavy (non-hydrogen) atoms. The second-order valence-corrected chi connectivity index (χ2v) is 4.80. The molecule has 0 spiro atoms. The maximum Gasteiger partial charge on any atom is 0.124 e. The number of nitrogens with zero attached hydrogens (tertiary/aromatic N) is 1. The predicted molar refractivity (Wildman–Crippen MR) is 75.6 cm³/mol. The van der Waals surface area contributed by atoms with Crippen molar-refractivity contribution < 1.29 is 4.74 Å². The van der Waals surface area contributed by atoms with Gasteiger partial charge in [-0.1, -0.05) is 18.2 Å². The molecule has 0 aliphatic heterocycles. The number of pyridine rings is 1. The first-order valence-electron chi connectivity index (χ1n) is 5.80. The van der Waals surface area contributed by atoms with Crippen molar-refractivity contribution in [2.75, 3.05) is 6.61 Å². The minimum absolute atomic E-state index is 0.238. The molecule has 0 bridgehead atoms. The first kappa shape index (κ1) is 13.1. The molecule has 2 aromatic rings. The fourth-order valence-corrected chi connectivity index (χ4v) is 2.18. The van der Waals surface area contributed by atoms with E-state index in [1.807, 2.05) is 37.3 Å². The van der Waals surface area contributed by atoms with E-state index in [-0.39, 0.29) is 6.04 Å². The maximum absolute atomic E-state index is 6.28. The van der Waals surface area contributed by atoms with Crippen LogP contribution in [0.4, 0.5) is 0 Å². The van der Waals surface area contributed by atoms with Crippen LogP contribution in [0.5, 0.6) is 5.75 Å². The lowest BCUT2D eigenvalue weighted by Gasteiger charge is -2.16. The van der Waals surface area contributed by atoms with E-state index in [2.05, 4.69) is 20.9 Å². The van der Waals surface area contributed by atoms with Crippen molar-refractivity contribution in [3.8, 4) is 5.75 Å². The van der Waals surface area contributed by atoms with Crippen LogP contribution in [0.2, 0.25) is 0 Å². The zero-order chi connectivity index (χ0) is 13.0. The molecule has 1 unspecified atom stereocenters. The summed E-state index contributed by atoms with van der Waals surface area (Å²) in [6.07, 6.45) is 3.52. The van der Waals surface area contributed by atoms with Crippen LogP contribution in [0.15, 0.2) is 47.2 Å². The highest BCUT2D eigenvalue weighted by atomic mass is 79.9. The van der Waals surface area contributed by atoms with Crippen LogP contribution in [0, 0.1) is 0 Å². The van der Waals surface area contributed by atoms with Crippen molar-refractivity contribution in [3.63, 3.8) is 0 Å². The lowest BCUT2D eigenvalue weighted by molar-refractivity contribution is 0.335. The van der Waals surface area contributed by atoms with Gasteiger partial charge >= 0.3 is 0 Å². The smallest absolute Gasteiger partial charge is 0.124 e. The molecular formula is C14H15BrN2O. The van der Waals surface area contributed by atoms with Crippen LogP contribution in [0.25, 0.3) is 0 Å². The highest BCUT2D eigenvalue weighted by Gasteiger charge is 2.14. The molecule has 1 atom stereocenters. The Labute approximate surface area is 115 Å². The zero-order valence-electron chi connectivity index (χ0n) is 10.1. The molecule has 0 aliphatic rings. The van der Waals surface area contributed by atoms with E-state index in [9.17, 15) is 0 Å². The number of benzene rings is 1. The van der Waals surface area contributed by atoms with Crippen molar-refractivity contribution in [1.82, 2.24) is 4.98 Å². The lowest BCUT2D eigenvalue weighted by Crippen LogP contribution is -2.13. The van der Waals surface area contributed by atoms with Gasteiger partial charge in [-0.15, -0.1) is 0 Å². The van der Waals surface area contributed by atoms with Gasteiger partial charge in [0, 0.05) is 22.4 Å². The molecule has 2 rings (SSSR count). The average Bonchev–Trinajstić information content (AvgIpc) is 2.39. The number of para-hydroxylation sites is 1. The minimum Gasteiger partial charge on any atom is -0.494 e. The van der Waals surface area contributed by atoms with Gasteiger partial charge in [0.2, 0.25) is 0 Å². The Morgan fingerprint density at radius 1 is 1.33 bits per heavy atom. The molecule has 0 amide bonds. The molecule has 1 aromatic carbocycles. The van der Waals surface area contributed by atoms with E-state index in [1.54, 1.807) is 12.4 Å². The van der Waals surface area contributed by atoms with Gasteiger partial charge in [-0.25, -0.2) is 0 Å². The van der Waals surface area contributed by atoms with Gasteiger partial charge in [-0.3, -0.25) is 4.98 Å². The van der Waals surface area contributed by atoms with Crippen LogP contribution in [0.3, 0.4) is 0 Å². The molecule has 1 aromatic heterocycles. The molecule has 0 aliphatic carbocycles. The molecule has 0 radical (unpaired) electrons. The molecule has 0 saturated carbocycles. The maximum atomic E-state index is 6.28. The summed E-state index contributed by atoms with van der Waals surface area (Å²) < 4.78 is 6.52. The van der Waals surface area contributed by atoms with Crippen molar-refractivity contribution in [3.05, 3.63) is 58.3 Å². The standard InChI is InChI=1S/C14H15BrN2O/c1-2-18-13-6-4-3-5-12(13)14(16)10-7-11(15)9-17-8-10/h3-9,14H,2,16H2,1H3. The van der Waals surface area contributed by atoms with E-state index < -0.39 is 0 Å². The van der Waals surface area contributed by atoms with Crippen LogP contribution >= 0.6 is 15.9 Å². The average molecular weight is 307 g/mol. The van der Waals surface area contributed by atoms with Crippen molar-refractivity contribution in [1.29, 1.82) is 0 Å². The normalized spacial score (nSPS) is 12.2. The predicted octanol–water partition coefficient (Wildman–Crippen LogP) is 3.29. The molecule has 0 fully saturated rings. The highest BCUT2D eigenvalue weighted by Crippen LogP contribution is 2.28. The van der Waals surface area contributed by atoms with Crippen LogP contribution in [-0.4, -0.2) is 11.6 Å². The molecule has 1 heterocycles. The summed E-state index contributed by atoms with van der Waals surface area (Å²) in [6, 6.07) is 9.56. The van der Waals surface area contributed by atoms with E-state index in [0.717, 1.165) is 21.3 Å². The van der Waals surface area contributed by atoms with Gasteiger partial charge in [-0.2, -0.15) is 0 Å². The van der Waals surface area contributed by atoms with Gasteiger partial charge in [0.25, 0.3) is 0 Å². The molecule has 4 heteroatoms. The number of nitrogens with two attached hydrogens (primary N) is 1. The molecule has 3 nitrogen and oxygen atoms in total. The third-order valence-electron chi connectivity index (χ3n) is 2.64. The SMILES string of the molecule is CCOc1ccccc1C(N)c1cncc(Br)c1. The Morgan fingerprint density at radius 2 is 2.11 bits per heavy atom. The minimum atomic E-state index is -0.238. The van der Waals surface area contributed by atoms with Gasteiger partial charge < -0.3 is 10.5 Å². The summed E-state index contributed by atoms with van der Waals surface area (Å²) in [4.78, 5) is 4.14. The molecule has 94 valence electrons. The second kappa shape index (κ2) is 5.98. The third-order valence-corrected chi connectivity index (χ3v) is 3.07. The van der Waals surface area contributed by atoms with Crippen molar-refractivity contribution in [2.24, 2.45) is 5.73 Å². The lowest BCUT2D eigenvalue weighted by atomic mass is 10.0. The van der Waals surface area contributed by atoms with Gasteiger partial charge in [0.1, 0.15) is 5.75 Å². The Balaban J connectivity index is 2.36. The van der Waals surface area contributed by atoms with Crippen LogP contribution < -0.4 is 10.5 Å². The first-order chi connectivity index (χ1) is 8.72.